The van der Waals surface area contributed by atoms with Crippen LogP contribution in [0.15, 0.2) is 48.0 Å². The summed E-state index contributed by atoms with van der Waals surface area (Å²) in [4.78, 5) is 4.59. The van der Waals surface area contributed by atoms with E-state index in [0.29, 0.717) is 32.2 Å². The maximum absolute atomic E-state index is 5.80. The smallest absolute Gasteiger partial charge is 0.191 e. The first-order valence-corrected chi connectivity index (χ1v) is 9.19. The minimum Gasteiger partial charge on any atom is -0.376 e. The van der Waals surface area contributed by atoms with Gasteiger partial charge in [0.1, 0.15) is 12.4 Å². The Morgan fingerprint density at radius 1 is 1.29 bits per heavy atom. The second kappa shape index (κ2) is 13.3. The summed E-state index contributed by atoms with van der Waals surface area (Å²) in [5.41, 5.74) is 1.19. The lowest BCUT2D eigenvalue weighted by molar-refractivity contribution is 0.0931. The second-order valence-corrected chi connectivity index (χ2v) is 6.54. The van der Waals surface area contributed by atoms with Crippen molar-refractivity contribution in [3.63, 3.8) is 0 Å². The molecule has 1 unspecified atom stereocenters. The van der Waals surface area contributed by atoms with Gasteiger partial charge in [-0.1, -0.05) is 43.3 Å². The molecule has 0 radical (unpaired) electrons. The van der Waals surface area contributed by atoms with Crippen LogP contribution in [0.5, 0.6) is 0 Å². The summed E-state index contributed by atoms with van der Waals surface area (Å²) in [5, 5.41) is 14.8. The molecule has 2 N–H and O–H groups in total. The molecule has 0 amide bonds. The summed E-state index contributed by atoms with van der Waals surface area (Å²) in [7, 11) is 1.94. The molecule has 0 spiro atoms. The topological polar surface area (TPSA) is 76.4 Å². The Hall–Kier alpha value is -1.94. The van der Waals surface area contributed by atoms with Crippen molar-refractivity contribution in [2.45, 2.75) is 27.0 Å². The van der Waals surface area contributed by atoms with Crippen LogP contribution >= 0.6 is 24.0 Å². The molecule has 2 rings (SSSR count). The fourth-order valence-corrected chi connectivity index (χ4v) is 2.36. The van der Waals surface area contributed by atoms with Crippen molar-refractivity contribution in [3.05, 3.63) is 60.2 Å². The van der Waals surface area contributed by atoms with E-state index in [1.807, 2.05) is 36.7 Å². The molecule has 1 heterocycles. The zero-order valence-electron chi connectivity index (χ0n) is 16.9. The van der Waals surface area contributed by atoms with Gasteiger partial charge in [-0.05, 0) is 18.4 Å². The summed E-state index contributed by atoms with van der Waals surface area (Å²) in [5.74, 6) is 2.77. The summed E-state index contributed by atoms with van der Waals surface area (Å²) in [6.45, 7) is 11.0. The highest BCUT2D eigenvalue weighted by atomic mass is 127. The van der Waals surface area contributed by atoms with Crippen molar-refractivity contribution in [1.82, 2.24) is 25.4 Å². The second-order valence-electron chi connectivity index (χ2n) is 6.54. The molecule has 154 valence electrons. The molecule has 0 aliphatic rings. The Balaban J connectivity index is 0.00000392. The maximum Gasteiger partial charge on any atom is 0.191 e. The number of aliphatic imine (C=N–C) groups is 1. The van der Waals surface area contributed by atoms with Crippen LogP contribution in [0.25, 0.3) is 0 Å². The molecule has 0 saturated heterocycles. The molecule has 0 bridgehead atoms. The third-order valence-corrected chi connectivity index (χ3v) is 4.11. The Labute approximate surface area is 184 Å². The number of aryl methyl sites for hydroxylation is 1. The van der Waals surface area contributed by atoms with Crippen LogP contribution in [-0.2, 0) is 24.9 Å². The first-order valence-electron chi connectivity index (χ1n) is 9.19. The molecule has 0 aliphatic carbocycles. The number of rotatable bonds is 10. The van der Waals surface area contributed by atoms with Crippen LogP contribution in [0.4, 0.5) is 0 Å². The van der Waals surface area contributed by atoms with E-state index in [2.05, 4.69) is 51.5 Å². The van der Waals surface area contributed by atoms with E-state index in [0.717, 1.165) is 24.2 Å². The average Bonchev–Trinajstić information content (AvgIpc) is 3.00. The van der Waals surface area contributed by atoms with Crippen molar-refractivity contribution < 1.29 is 4.74 Å². The third-order valence-electron chi connectivity index (χ3n) is 4.11. The van der Waals surface area contributed by atoms with E-state index >= 15 is 0 Å². The summed E-state index contributed by atoms with van der Waals surface area (Å²) < 4.78 is 7.74. The number of nitrogens with one attached hydrogen (secondary N) is 2. The molecule has 8 heteroatoms. The number of nitrogens with zero attached hydrogens (tertiary/aromatic N) is 4. The van der Waals surface area contributed by atoms with Gasteiger partial charge < -0.3 is 19.9 Å². The van der Waals surface area contributed by atoms with Crippen molar-refractivity contribution in [2.24, 2.45) is 18.0 Å². The first-order chi connectivity index (χ1) is 13.1. The number of hydrogen-bond donors (Lipinski definition) is 2. The quantitative estimate of drug-likeness (QED) is 0.228. The van der Waals surface area contributed by atoms with Crippen molar-refractivity contribution in [2.75, 3.05) is 19.7 Å². The molecular weight excluding hydrogens is 467 g/mol. The zero-order valence-corrected chi connectivity index (χ0v) is 19.2. The molecule has 1 aromatic heterocycles. The van der Waals surface area contributed by atoms with E-state index < -0.39 is 0 Å². The van der Waals surface area contributed by atoms with Crippen LogP contribution in [0.3, 0.4) is 0 Å². The van der Waals surface area contributed by atoms with Crippen LogP contribution < -0.4 is 10.6 Å². The Kier molecular flexibility index (Phi) is 11.4. The highest BCUT2D eigenvalue weighted by Crippen LogP contribution is 2.03. The van der Waals surface area contributed by atoms with E-state index in [-0.39, 0.29) is 24.0 Å². The number of benzene rings is 1. The Morgan fingerprint density at radius 3 is 2.68 bits per heavy atom. The number of halogens is 1. The standard InChI is InChI=1S/C20H30N6O.HI/c1-5-11-21-20(23-13-19-25-24-17(3)26(19)4)22-12-16(2)14-27-15-18-9-7-6-8-10-18;/h5-10,16H,1,11-15H2,2-4H3,(H2,21,22,23);1H. The van der Waals surface area contributed by atoms with Gasteiger partial charge in [-0.3, -0.25) is 0 Å². The average molecular weight is 498 g/mol. The summed E-state index contributed by atoms with van der Waals surface area (Å²) >= 11 is 0. The normalized spacial score (nSPS) is 12.2. The summed E-state index contributed by atoms with van der Waals surface area (Å²) in [6.07, 6.45) is 1.80. The molecule has 1 aromatic carbocycles. The van der Waals surface area contributed by atoms with Crippen LogP contribution in [-0.4, -0.2) is 40.4 Å². The first kappa shape index (κ1) is 24.1. The van der Waals surface area contributed by atoms with Gasteiger partial charge in [0.2, 0.25) is 0 Å². The van der Waals surface area contributed by atoms with Gasteiger partial charge >= 0.3 is 0 Å². The monoisotopic (exact) mass is 498 g/mol. The predicted molar refractivity (Wildman–Crippen MR) is 124 cm³/mol. The van der Waals surface area contributed by atoms with Crippen LogP contribution in [0.1, 0.15) is 24.1 Å². The number of guanidine groups is 1. The van der Waals surface area contributed by atoms with Crippen LogP contribution in [0, 0.1) is 12.8 Å². The minimum absolute atomic E-state index is 0. The van der Waals surface area contributed by atoms with E-state index in [9.17, 15) is 0 Å². The van der Waals surface area contributed by atoms with E-state index in [1.165, 1.54) is 5.56 Å². The largest absolute Gasteiger partial charge is 0.376 e. The molecule has 0 saturated carbocycles. The number of hydrogen-bond acceptors (Lipinski definition) is 4. The lowest BCUT2D eigenvalue weighted by Crippen LogP contribution is -2.40. The van der Waals surface area contributed by atoms with Gasteiger partial charge in [-0.15, -0.1) is 40.8 Å². The van der Waals surface area contributed by atoms with Gasteiger partial charge in [-0.25, -0.2) is 4.99 Å². The molecule has 0 aliphatic heterocycles. The van der Waals surface area contributed by atoms with Crippen molar-refractivity contribution in [1.29, 1.82) is 0 Å². The highest BCUT2D eigenvalue weighted by Gasteiger charge is 2.07. The van der Waals surface area contributed by atoms with Gasteiger partial charge in [0, 0.05) is 20.1 Å². The van der Waals surface area contributed by atoms with E-state index in [4.69, 9.17) is 4.74 Å². The fourth-order valence-electron chi connectivity index (χ4n) is 2.36. The lowest BCUT2D eigenvalue weighted by Gasteiger charge is -2.16. The van der Waals surface area contributed by atoms with Crippen molar-refractivity contribution >= 4 is 29.9 Å². The molecule has 1 atom stereocenters. The molecule has 0 fully saturated rings. The number of ether oxygens (including phenoxy) is 1. The van der Waals surface area contributed by atoms with Gasteiger partial charge in [0.05, 0.1) is 13.2 Å². The van der Waals surface area contributed by atoms with E-state index in [1.54, 1.807) is 6.08 Å². The molecular formula is C20H31IN6O. The summed E-state index contributed by atoms with van der Waals surface area (Å²) in [6, 6.07) is 10.2. The van der Waals surface area contributed by atoms with Gasteiger partial charge in [0.15, 0.2) is 11.8 Å². The highest BCUT2D eigenvalue weighted by molar-refractivity contribution is 14.0. The van der Waals surface area contributed by atoms with Crippen molar-refractivity contribution in [3.8, 4) is 0 Å². The minimum atomic E-state index is 0. The van der Waals surface area contributed by atoms with Crippen LogP contribution in [0.2, 0.25) is 0 Å². The fraction of sp³-hybridized carbons (Fsp3) is 0.450. The molecule has 2 aromatic rings. The third kappa shape index (κ3) is 8.39. The Morgan fingerprint density at radius 2 is 2.04 bits per heavy atom. The van der Waals surface area contributed by atoms with Gasteiger partial charge in [-0.2, -0.15) is 0 Å². The molecule has 7 nitrogen and oxygen atoms in total. The Bertz CT molecular complexity index is 732. The lowest BCUT2D eigenvalue weighted by atomic mass is 10.2. The van der Waals surface area contributed by atoms with Gasteiger partial charge in [0.25, 0.3) is 0 Å². The number of aromatic nitrogens is 3. The maximum atomic E-state index is 5.80. The molecule has 28 heavy (non-hydrogen) atoms. The zero-order chi connectivity index (χ0) is 19.5. The predicted octanol–water partition coefficient (Wildman–Crippen LogP) is 2.82. The SMILES string of the molecule is C=CCNC(=NCc1nnc(C)n1C)NCC(C)COCc1ccccc1.I.